The molecule has 1 aromatic carbocycles. The minimum Gasteiger partial charge on any atom is -0.284 e. The predicted octanol–water partition coefficient (Wildman–Crippen LogP) is 5.71. The number of halogens is 1. The van der Waals surface area contributed by atoms with Crippen molar-refractivity contribution in [2.24, 2.45) is 4.99 Å². The third-order valence-corrected chi connectivity index (χ3v) is 4.01. The predicted molar refractivity (Wildman–Crippen MR) is 103 cm³/mol. The monoisotopic (exact) mass is 747 g/mol. The molecule has 0 amide bonds. The number of fused-ring (bicyclic) bond motifs is 1. The maximum Gasteiger partial charge on any atom is 0.103 e. The van der Waals surface area contributed by atoms with Gasteiger partial charge in [-0.25, -0.2) is 0 Å². The van der Waals surface area contributed by atoms with Crippen molar-refractivity contribution < 1.29 is 59.7 Å². The Morgan fingerprint density at radius 3 is 2.24 bits per heavy atom. The smallest absolute Gasteiger partial charge is 0.103 e. The first-order valence-electron chi connectivity index (χ1n) is 6.00. The number of aromatic nitrogens is 2. The Bertz CT molecular complexity index is 750. The van der Waals surface area contributed by atoms with Crippen molar-refractivity contribution in [3.05, 3.63) is 53.3 Å². The fourth-order valence-corrected chi connectivity index (χ4v) is 2.88. The minimum absolute atomic E-state index is 0. The molecule has 0 N–H and O–H groups in total. The van der Waals surface area contributed by atoms with E-state index in [1.165, 1.54) is 0 Å². The van der Waals surface area contributed by atoms with E-state index in [0.29, 0.717) is 0 Å². The molecule has 7 heteroatoms. The van der Waals surface area contributed by atoms with Crippen LogP contribution in [0.4, 0.5) is 0 Å². The molecule has 0 fully saturated rings. The first-order chi connectivity index (χ1) is 9.18. The van der Waals surface area contributed by atoms with Crippen molar-refractivity contribution in [1.82, 2.24) is 9.97 Å². The summed E-state index contributed by atoms with van der Waals surface area (Å²) in [5.74, 6) is 0. The minimum atomic E-state index is 0. The Kier molecular flexibility index (Phi) is 18.3. The van der Waals surface area contributed by atoms with E-state index in [2.05, 4.69) is 44.0 Å². The third kappa shape index (κ3) is 6.53. The Hall–Kier alpha value is -0.0957. The van der Waals surface area contributed by atoms with Crippen molar-refractivity contribution >= 4 is 38.2 Å². The second-order valence-corrected chi connectivity index (χ2v) is 5.21. The van der Waals surface area contributed by atoms with Crippen LogP contribution in [0.25, 0.3) is 16.6 Å². The van der Waals surface area contributed by atoms with Gasteiger partial charge < -0.3 is 0 Å². The van der Waals surface area contributed by atoms with E-state index >= 15 is 0 Å². The molecule has 0 bridgehead atoms. The summed E-state index contributed by atoms with van der Waals surface area (Å²) in [6.45, 7) is 9.00. The molecule has 1 aromatic heterocycles. The van der Waals surface area contributed by atoms with Crippen LogP contribution in [0.5, 0.6) is 0 Å². The summed E-state index contributed by atoms with van der Waals surface area (Å²) in [6.07, 6.45) is 4.29. The number of hydrogen-bond donors (Lipinski definition) is 0. The van der Waals surface area contributed by atoms with Gasteiger partial charge in [-0.3, -0.25) is 15.0 Å². The molecule has 3 nitrogen and oxygen atoms in total. The maximum atomic E-state index is 4.47. The molecule has 126 valence electrons. The largest absolute Gasteiger partial charge is 0.284 e. The first kappa shape index (κ1) is 32.6. The van der Waals surface area contributed by atoms with Crippen molar-refractivity contribution in [3.8, 4) is 0 Å². The van der Waals surface area contributed by atoms with Gasteiger partial charge in [0.15, 0.2) is 0 Å². The van der Waals surface area contributed by atoms with Crippen LogP contribution >= 0.6 is 15.9 Å². The standard InChI is InChI=1S/C15H12BrN3.3CH4.He.Hf.Hg/c1-9-5-6-18-14(9)10(2)11-3-4-12-15(13(11)16)19-8-7-17-12;;;;;;/h3-4,7-8H,1-2,5-6H2;3*1H4;;;. The third-order valence-electron chi connectivity index (χ3n) is 3.21. The zero-order valence-electron chi connectivity index (χ0n) is 12.3. The van der Waals surface area contributed by atoms with Gasteiger partial charge in [0.2, 0.25) is 0 Å². The summed E-state index contributed by atoms with van der Waals surface area (Å²) in [5.41, 5.74) is 5.56. The first-order valence-corrected chi connectivity index (χ1v) is 6.79. The second kappa shape index (κ2) is 14.0. The van der Waals surface area contributed by atoms with E-state index in [1.807, 2.05) is 12.1 Å². The Balaban J connectivity index is -0.000000367. The molecular formula is C18H24BrHeHfHgN3. The van der Waals surface area contributed by atoms with Gasteiger partial charge in [0.1, 0.15) is 5.52 Å². The summed E-state index contributed by atoms with van der Waals surface area (Å²) in [6, 6.07) is 3.95. The van der Waals surface area contributed by atoms with Crippen LogP contribution in [0, 0.1) is 6.15 Å². The number of benzene rings is 1. The molecule has 2 heterocycles. The van der Waals surface area contributed by atoms with Gasteiger partial charge in [-0.05, 0) is 39.6 Å². The van der Waals surface area contributed by atoms with Gasteiger partial charge in [-0.15, -0.1) is 0 Å². The molecule has 0 saturated heterocycles. The number of allylic oxidation sites excluding steroid dienone is 1. The fraction of sp³-hybridized carbons (Fsp3) is 0.278. The number of aliphatic imine (C=N–C) groups is 1. The number of nitrogens with zero attached hydrogens (tertiary/aromatic N) is 3. The Labute approximate surface area is 199 Å². The summed E-state index contributed by atoms with van der Waals surface area (Å²) in [4.78, 5) is 13.1. The van der Waals surface area contributed by atoms with Crippen LogP contribution in [0.2, 0.25) is 0 Å². The van der Waals surface area contributed by atoms with Crippen molar-refractivity contribution in [2.75, 3.05) is 6.54 Å². The summed E-state index contributed by atoms with van der Waals surface area (Å²) < 4.78 is 0.908. The number of hydrogen-bond acceptors (Lipinski definition) is 3. The summed E-state index contributed by atoms with van der Waals surface area (Å²) in [7, 11) is 0. The molecule has 0 saturated carbocycles. The van der Waals surface area contributed by atoms with Gasteiger partial charge in [0.25, 0.3) is 0 Å². The normalized spacial score (nSPS) is 11.2. The van der Waals surface area contributed by atoms with Crippen LogP contribution in [-0.2, 0) is 53.5 Å². The van der Waals surface area contributed by atoms with E-state index in [4.69, 9.17) is 0 Å². The van der Waals surface area contributed by atoms with Crippen LogP contribution in [-0.4, -0.2) is 22.2 Å². The number of rotatable bonds is 2. The van der Waals surface area contributed by atoms with Crippen molar-refractivity contribution in [1.29, 1.82) is 0 Å². The van der Waals surface area contributed by atoms with Crippen molar-refractivity contribution in [3.63, 3.8) is 0 Å². The molecular weight excluding hydrogens is 721 g/mol. The zero-order valence-corrected chi connectivity index (χ0v) is 22.9. The van der Waals surface area contributed by atoms with Crippen LogP contribution in [0.15, 0.2) is 52.7 Å². The molecule has 0 spiro atoms. The molecule has 0 aliphatic carbocycles. The van der Waals surface area contributed by atoms with E-state index in [-0.39, 0.29) is 81.9 Å². The van der Waals surface area contributed by atoms with Gasteiger partial charge in [0, 0.05) is 84.2 Å². The van der Waals surface area contributed by atoms with Gasteiger partial charge >= 0.3 is 0 Å². The van der Waals surface area contributed by atoms with Gasteiger partial charge in [-0.1, -0.05) is 41.5 Å². The summed E-state index contributed by atoms with van der Waals surface area (Å²) >= 11 is 3.60. The molecule has 2 aromatic rings. The average Bonchev–Trinajstić information content (AvgIpc) is 2.85. The molecule has 0 radical (unpaired) electrons. The maximum absolute atomic E-state index is 4.47. The zero-order chi connectivity index (χ0) is 13.4. The molecule has 1 aliphatic rings. The van der Waals surface area contributed by atoms with Gasteiger partial charge in [0.05, 0.1) is 15.7 Å². The van der Waals surface area contributed by atoms with E-state index in [9.17, 15) is 0 Å². The Morgan fingerprint density at radius 2 is 1.68 bits per heavy atom. The summed E-state index contributed by atoms with van der Waals surface area (Å²) in [5, 5.41) is 0. The second-order valence-electron chi connectivity index (χ2n) is 4.41. The van der Waals surface area contributed by atoms with Crippen LogP contribution < -0.4 is 0 Å². The molecule has 25 heavy (non-hydrogen) atoms. The average molecular weight is 745 g/mol. The quantitative estimate of drug-likeness (QED) is 0.370. The van der Waals surface area contributed by atoms with Crippen molar-refractivity contribution in [2.45, 2.75) is 28.7 Å². The van der Waals surface area contributed by atoms with E-state index in [0.717, 1.165) is 50.9 Å². The molecule has 1 aliphatic heterocycles. The fourth-order valence-electron chi connectivity index (χ4n) is 2.21. The van der Waals surface area contributed by atoms with Gasteiger partial charge in [-0.2, -0.15) is 0 Å². The topological polar surface area (TPSA) is 38.1 Å². The molecule has 0 atom stereocenters. The Morgan fingerprint density at radius 1 is 1.08 bits per heavy atom. The van der Waals surface area contributed by atoms with Crippen LogP contribution in [0.1, 0.15) is 34.3 Å². The van der Waals surface area contributed by atoms with Crippen LogP contribution in [0.3, 0.4) is 0 Å². The molecule has 3 rings (SSSR count). The molecule has 0 unspecified atom stereocenters. The van der Waals surface area contributed by atoms with E-state index in [1.54, 1.807) is 12.4 Å². The van der Waals surface area contributed by atoms with E-state index < -0.39 is 0 Å². The SMILES string of the molecule is C.C.C.C=C1CCN=C1C(=C)c1ccc2nccnc2c1Br.[He].[Hf].[Hg].